The number of alkyl halides is 3. The molecule has 0 fully saturated rings. The highest BCUT2D eigenvalue weighted by atomic mass is 32.2. The summed E-state index contributed by atoms with van der Waals surface area (Å²) < 4.78 is 70.3. The fourth-order valence-electron chi connectivity index (χ4n) is 4.01. The van der Waals surface area contributed by atoms with Crippen molar-refractivity contribution in [1.29, 1.82) is 0 Å². The number of azo groups is 1. The molecule has 0 saturated carbocycles. The van der Waals surface area contributed by atoms with Crippen LogP contribution in [-0.2, 0) is 21.2 Å². The van der Waals surface area contributed by atoms with Crippen molar-refractivity contribution in [2.75, 3.05) is 28.5 Å². The van der Waals surface area contributed by atoms with E-state index in [4.69, 9.17) is 4.74 Å². The summed E-state index contributed by atoms with van der Waals surface area (Å²) in [5.74, 6) is -2.69. The molecule has 1 aliphatic rings. The Hall–Kier alpha value is -2.81. The van der Waals surface area contributed by atoms with E-state index in [9.17, 15) is 26.4 Å². The second-order valence-corrected chi connectivity index (χ2v) is 11.2. The molecule has 3 rings (SSSR count). The molecule has 2 heterocycles. The van der Waals surface area contributed by atoms with E-state index in [1.165, 1.54) is 6.07 Å². The molecule has 0 saturated heterocycles. The zero-order chi connectivity index (χ0) is 27.2. The van der Waals surface area contributed by atoms with Gasteiger partial charge >= 0.3 is 12.1 Å². The molecule has 0 aliphatic carbocycles. The van der Waals surface area contributed by atoms with Gasteiger partial charge in [0.25, 0.3) is 5.13 Å². The predicted octanol–water partition coefficient (Wildman–Crippen LogP) is 5.77. The molecule has 0 radical (unpaired) electrons. The summed E-state index contributed by atoms with van der Waals surface area (Å²) in [6.45, 7) is 6.85. The molecule has 1 aromatic heterocycles. The maximum Gasteiger partial charge on any atom is 0.404 e. The Morgan fingerprint density at radius 3 is 2.62 bits per heavy atom. The minimum Gasteiger partial charge on any atom is -0.460 e. The molecule has 1 unspecified atom stereocenters. The lowest BCUT2D eigenvalue weighted by Crippen LogP contribution is -2.39. The average Bonchev–Trinajstić information content (AvgIpc) is 3.29. The fourth-order valence-corrected chi connectivity index (χ4v) is 5.57. The van der Waals surface area contributed by atoms with Gasteiger partial charge in [0.15, 0.2) is 5.75 Å². The Morgan fingerprint density at radius 1 is 1.22 bits per heavy atom. The van der Waals surface area contributed by atoms with Crippen molar-refractivity contribution in [3.8, 4) is 0 Å². The minimum atomic E-state index is -4.92. The summed E-state index contributed by atoms with van der Waals surface area (Å²) in [6.07, 6.45) is -1.00. The van der Waals surface area contributed by atoms with Gasteiger partial charge in [0.1, 0.15) is 5.69 Å². The van der Waals surface area contributed by atoms with E-state index in [2.05, 4.69) is 32.2 Å². The first kappa shape index (κ1) is 28.8. The van der Waals surface area contributed by atoms with Gasteiger partial charge < -0.3 is 9.64 Å². The Morgan fingerprint density at radius 2 is 1.97 bits per heavy atom. The smallest absolute Gasteiger partial charge is 0.404 e. The number of rotatable bonds is 11. The first-order valence-electron chi connectivity index (χ1n) is 11.9. The van der Waals surface area contributed by atoms with Crippen molar-refractivity contribution in [3.05, 3.63) is 22.7 Å². The van der Waals surface area contributed by atoms with Crippen LogP contribution >= 0.6 is 11.3 Å². The Bertz CT molecular complexity index is 1230. The summed E-state index contributed by atoms with van der Waals surface area (Å²) >= 11 is 0.824. The molecule has 0 spiro atoms. The van der Waals surface area contributed by atoms with E-state index >= 15 is 0 Å². The number of benzene rings is 1. The number of aromatic nitrogens is 2. The Labute approximate surface area is 217 Å². The van der Waals surface area contributed by atoms with Crippen LogP contribution in [0.3, 0.4) is 0 Å². The SMILES string of the molecule is CCCOC(=O)c1nnc(N=Nc2cc3c(cc2NS(=O)(=O)CC(F)(F)F)N(CCC)C(CC)CC3)s1. The number of hydrogen-bond acceptors (Lipinski definition) is 10. The number of aryl methyl sites for hydroxylation is 1. The number of halogens is 3. The number of sulfonamides is 1. The van der Waals surface area contributed by atoms with Crippen LogP contribution in [0.1, 0.15) is 61.8 Å². The number of ether oxygens (including phenoxy) is 1. The molecule has 1 aliphatic heterocycles. The van der Waals surface area contributed by atoms with Gasteiger partial charge in [-0.3, -0.25) is 4.72 Å². The van der Waals surface area contributed by atoms with Crippen molar-refractivity contribution in [2.45, 2.75) is 65.1 Å². The molecule has 0 bridgehead atoms. The number of nitrogens with one attached hydrogen (secondary N) is 1. The van der Waals surface area contributed by atoms with Gasteiger partial charge in [-0.1, -0.05) is 32.1 Å². The van der Waals surface area contributed by atoms with Crippen molar-refractivity contribution in [1.82, 2.24) is 10.2 Å². The van der Waals surface area contributed by atoms with E-state index in [0.717, 1.165) is 41.9 Å². The quantitative estimate of drug-likeness (QED) is 0.272. The molecule has 1 N–H and O–H groups in total. The number of hydrogen-bond donors (Lipinski definition) is 1. The number of carbonyl (C=O) groups is 1. The van der Waals surface area contributed by atoms with E-state index < -0.39 is 27.9 Å². The van der Waals surface area contributed by atoms with Gasteiger partial charge in [-0.2, -0.15) is 13.2 Å². The van der Waals surface area contributed by atoms with Crippen LogP contribution < -0.4 is 9.62 Å². The monoisotopic (exact) mass is 562 g/mol. The molecule has 2 aromatic rings. The van der Waals surface area contributed by atoms with Gasteiger partial charge in [0.2, 0.25) is 15.0 Å². The van der Waals surface area contributed by atoms with Crippen molar-refractivity contribution >= 4 is 49.5 Å². The first-order chi connectivity index (χ1) is 17.5. The largest absolute Gasteiger partial charge is 0.460 e. The van der Waals surface area contributed by atoms with Gasteiger partial charge in [-0.05, 0) is 49.8 Å². The van der Waals surface area contributed by atoms with Crippen LogP contribution in [-0.4, -0.2) is 55.7 Å². The van der Waals surface area contributed by atoms with Gasteiger partial charge in [0.05, 0.1) is 12.3 Å². The fraction of sp³-hybridized carbons (Fsp3) is 0.591. The Kier molecular flexibility index (Phi) is 9.45. The highest BCUT2D eigenvalue weighted by molar-refractivity contribution is 7.92. The molecule has 1 aromatic carbocycles. The standard InChI is InChI=1S/C22H29F3N6O4S2/c1-4-9-31-15(6-3)8-7-14-11-16(17(12-18(14)31)30-37(33,34)13-22(23,24)25)26-28-21-29-27-19(36-21)20(32)35-10-5-2/h11-12,15,30H,4-10,13H2,1-3H3. The summed E-state index contributed by atoms with van der Waals surface area (Å²) in [5, 5.41) is 15.5. The molecule has 10 nitrogen and oxygen atoms in total. The second kappa shape index (κ2) is 12.2. The van der Waals surface area contributed by atoms with Crippen molar-refractivity contribution in [3.63, 3.8) is 0 Å². The predicted molar refractivity (Wildman–Crippen MR) is 135 cm³/mol. The zero-order valence-corrected chi connectivity index (χ0v) is 22.3. The highest BCUT2D eigenvalue weighted by Gasteiger charge is 2.36. The lowest BCUT2D eigenvalue weighted by atomic mass is 9.93. The Balaban J connectivity index is 1.99. The third kappa shape index (κ3) is 7.84. The van der Waals surface area contributed by atoms with Crippen LogP contribution in [0.4, 0.5) is 35.4 Å². The molecule has 15 heteroatoms. The maximum absolute atomic E-state index is 12.9. The summed E-state index contributed by atoms with van der Waals surface area (Å²) in [5.41, 5.74) is 1.53. The normalized spacial score (nSPS) is 16.2. The average molecular weight is 563 g/mol. The van der Waals surface area contributed by atoms with Crippen LogP contribution in [0.25, 0.3) is 0 Å². The van der Waals surface area contributed by atoms with Crippen LogP contribution in [0.2, 0.25) is 0 Å². The number of nitrogens with zero attached hydrogens (tertiary/aromatic N) is 5. The maximum atomic E-state index is 12.9. The second-order valence-electron chi connectivity index (χ2n) is 8.49. The molecular weight excluding hydrogens is 533 g/mol. The van der Waals surface area contributed by atoms with Crippen LogP contribution in [0.15, 0.2) is 22.4 Å². The molecule has 0 amide bonds. The zero-order valence-electron chi connectivity index (χ0n) is 20.7. The lowest BCUT2D eigenvalue weighted by molar-refractivity contribution is -0.106. The highest BCUT2D eigenvalue weighted by Crippen LogP contribution is 2.40. The lowest BCUT2D eigenvalue weighted by Gasteiger charge is -2.39. The van der Waals surface area contributed by atoms with Gasteiger partial charge in [-0.15, -0.1) is 20.4 Å². The van der Waals surface area contributed by atoms with E-state index in [1.807, 2.05) is 18.6 Å². The molecule has 1 atom stereocenters. The summed E-state index contributed by atoms with van der Waals surface area (Å²) in [4.78, 5) is 14.1. The van der Waals surface area contributed by atoms with Crippen molar-refractivity contribution in [2.24, 2.45) is 10.2 Å². The van der Waals surface area contributed by atoms with E-state index in [0.29, 0.717) is 19.4 Å². The van der Waals surface area contributed by atoms with E-state index in [1.54, 1.807) is 6.07 Å². The van der Waals surface area contributed by atoms with E-state index in [-0.39, 0.29) is 34.2 Å². The van der Waals surface area contributed by atoms with Crippen molar-refractivity contribution < 1.29 is 31.1 Å². The minimum absolute atomic E-state index is 0.00363. The molecular formula is C22H29F3N6O4S2. The number of anilines is 2. The third-order valence-electron chi connectivity index (χ3n) is 5.52. The number of esters is 1. The van der Waals surface area contributed by atoms with Crippen LogP contribution in [0.5, 0.6) is 0 Å². The summed E-state index contributed by atoms with van der Waals surface area (Å²) in [6, 6.07) is 3.37. The van der Waals surface area contributed by atoms with Gasteiger partial charge in [-0.25, -0.2) is 13.2 Å². The third-order valence-corrected chi connectivity index (χ3v) is 7.54. The van der Waals surface area contributed by atoms with Gasteiger partial charge in [0, 0.05) is 18.3 Å². The topological polar surface area (TPSA) is 126 Å². The number of fused-ring (bicyclic) bond motifs is 1. The number of carbonyl (C=O) groups excluding carboxylic acids is 1. The molecule has 37 heavy (non-hydrogen) atoms. The van der Waals surface area contributed by atoms with Crippen LogP contribution in [0, 0.1) is 0 Å². The molecule has 204 valence electrons. The summed E-state index contributed by atoms with van der Waals surface area (Å²) in [7, 11) is -4.77. The first-order valence-corrected chi connectivity index (χ1v) is 14.4.